The molecule has 0 radical (unpaired) electrons. The van der Waals surface area contributed by atoms with Crippen molar-refractivity contribution in [2.45, 2.75) is 38.8 Å². The lowest BCUT2D eigenvalue weighted by Crippen LogP contribution is -2.41. The molecule has 0 bridgehead atoms. The van der Waals surface area contributed by atoms with Crippen molar-refractivity contribution >= 4 is 34.1 Å². The maximum atomic E-state index is 13.3. The average Bonchev–Trinajstić information content (AvgIpc) is 2.99. The normalized spacial score (nSPS) is 30.0. The third-order valence-electron chi connectivity index (χ3n) is 4.47. The second-order valence-electron chi connectivity index (χ2n) is 6.06. The van der Waals surface area contributed by atoms with Crippen LogP contribution in [0.3, 0.4) is 0 Å². The Balaban J connectivity index is 1.78. The molecular weight excluding hydrogens is 341 g/mol. The van der Waals surface area contributed by atoms with Gasteiger partial charge in [0.05, 0.1) is 0 Å². The quantitative estimate of drug-likeness (QED) is 0.668. The van der Waals surface area contributed by atoms with Gasteiger partial charge in [-0.25, -0.2) is 9.37 Å². The third-order valence-corrected chi connectivity index (χ3v) is 5.03. The lowest BCUT2D eigenvalue weighted by atomic mass is 10.0. The number of carbonyl (C=O) groups is 2. The molecule has 1 aliphatic carbocycles. The van der Waals surface area contributed by atoms with Crippen LogP contribution in [0.2, 0.25) is 0 Å². The minimum absolute atomic E-state index is 0.0527. The Bertz CT molecular complexity index is 639. The number of likely N-dealkylation sites (tertiary alicyclic amines) is 1. The molecule has 1 saturated carbocycles. The first-order chi connectivity index (χ1) is 9.85. The molecule has 2 fully saturated rings. The summed E-state index contributed by atoms with van der Waals surface area (Å²) in [4.78, 5) is 29.1. The molecule has 112 valence electrons. The van der Waals surface area contributed by atoms with E-state index in [-0.39, 0.29) is 22.0 Å². The summed E-state index contributed by atoms with van der Waals surface area (Å²) < 4.78 is 13.4. The monoisotopic (exact) mass is 355 g/mol. The Kier molecular flexibility index (Phi) is 3.27. The Labute approximate surface area is 130 Å². The van der Waals surface area contributed by atoms with Crippen molar-refractivity contribution in [3.63, 3.8) is 0 Å². The summed E-state index contributed by atoms with van der Waals surface area (Å²) >= 11 is 3.00. The van der Waals surface area contributed by atoms with Crippen LogP contribution in [0.1, 0.15) is 25.3 Å². The van der Waals surface area contributed by atoms with Crippen LogP contribution in [0.4, 0.5) is 10.2 Å². The maximum absolute atomic E-state index is 13.3. The van der Waals surface area contributed by atoms with Crippen molar-refractivity contribution in [3.05, 3.63) is 22.1 Å². The molecule has 3 atom stereocenters. The average molecular weight is 356 g/mol. The molecule has 0 aromatic carbocycles. The van der Waals surface area contributed by atoms with Crippen LogP contribution in [0.5, 0.6) is 0 Å². The zero-order valence-corrected chi connectivity index (χ0v) is 13.3. The molecule has 2 amide bonds. The van der Waals surface area contributed by atoms with Crippen LogP contribution >= 0.6 is 15.9 Å². The van der Waals surface area contributed by atoms with Gasteiger partial charge < -0.3 is 10.2 Å². The number of aryl methyl sites for hydroxylation is 1. The van der Waals surface area contributed by atoms with Gasteiger partial charge in [0.1, 0.15) is 16.5 Å². The highest BCUT2D eigenvalue weighted by atomic mass is 79.9. The van der Waals surface area contributed by atoms with E-state index in [1.54, 1.807) is 11.8 Å². The number of carbonyl (C=O) groups excluding carboxylic acids is 2. The largest absolute Gasteiger partial charge is 0.330 e. The number of piperidine rings is 1. The zero-order valence-electron chi connectivity index (χ0n) is 11.7. The van der Waals surface area contributed by atoms with Crippen LogP contribution in [-0.4, -0.2) is 34.3 Å². The van der Waals surface area contributed by atoms with Gasteiger partial charge in [-0.15, -0.1) is 0 Å². The van der Waals surface area contributed by atoms with Crippen LogP contribution < -0.4 is 5.32 Å². The smallest absolute Gasteiger partial charge is 0.248 e. The first-order valence-electron chi connectivity index (χ1n) is 6.72. The molecule has 1 saturated heterocycles. The summed E-state index contributed by atoms with van der Waals surface area (Å²) in [7, 11) is 0. The number of nitrogens with zero attached hydrogens (tertiary/aromatic N) is 2. The van der Waals surface area contributed by atoms with Gasteiger partial charge in [-0.05, 0) is 52.7 Å². The number of halogens is 2. The van der Waals surface area contributed by atoms with E-state index in [4.69, 9.17) is 0 Å². The fourth-order valence-corrected chi connectivity index (χ4v) is 3.38. The Morgan fingerprint density at radius 1 is 1.62 bits per heavy atom. The van der Waals surface area contributed by atoms with Crippen LogP contribution in [0.15, 0.2) is 10.7 Å². The molecule has 3 rings (SSSR count). The fraction of sp³-hybridized carbons (Fsp3) is 0.500. The van der Waals surface area contributed by atoms with Crippen molar-refractivity contribution in [2.75, 3.05) is 5.32 Å². The number of amides is 2. The number of fused-ring (bicyclic) bond motifs is 1. The van der Waals surface area contributed by atoms with E-state index in [2.05, 4.69) is 33.2 Å². The van der Waals surface area contributed by atoms with Gasteiger partial charge in [0.25, 0.3) is 0 Å². The summed E-state index contributed by atoms with van der Waals surface area (Å²) in [6, 6.07) is 0.994. The minimum atomic E-state index is -0.477. The Morgan fingerprint density at radius 2 is 2.33 bits per heavy atom. The van der Waals surface area contributed by atoms with Crippen LogP contribution in [0.25, 0.3) is 0 Å². The number of hydrogen-bond donors (Lipinski definition) is 1. The predicted octanol–water partition coefficient (Wildman–Crippen LogP) is 2.24. The molecule has 1 aromatic rings. The number of rotatable bonds is 3. The highest BCUT2D eigenvalue weighted by Crippen LogP contribution is 2.58. The summed E-state index contributed by atoms with van der Waals surface area (Å²) in [5.41, 5.74) is 0.602. The van der Waals surface area contributed by atoms with E-state index >= 15 is 0 Å². The van der Waals surface area contributed by atoms with E-state index in [9.17, 15) is 14.0 Å². The lowest BCUT2D eigenvalue weighted by Gasteiger charge is -2.22. The topological polar surface area (TPSA) is 62.3 Å². The molecule has 1 aliphatic heterocycles. The molecule has 2 heterocycles. The van der Waals surface area contributed by atoms with Crippen molar-refractivity contribution in [1.29, 1.82) is 0 Å². The second kappa shape index (κ2) is 4.76. The summed E-state index contributed by atoms with van der Waals surface area (Å²) in [5.74, 6) is -0.441. The fourth-order valence-electron chi connectivity index (χ4n) is 3.09. The van der Waals surface area contributed by atoms with Crippen molar-refractivity contribution in [1.82, 2.24) is 9.88 Å². The van der Waals surface area contributed by atoms with Gasteiger partial charge in [0, 0.05) is 6.04 Å². The van der Waals surface area contributed by atoms with E-state index in [0.29, 0.717) is 17.8 Å². The standard InChI is InChI=1S/C14H15BrFN3O2/c1-7-3-8(16)11(15)17-12(7)18-13(21)9-4-14(2)5-10(14)19(9)6-20/h3,6,9-10H,4-5H2,1-2H3,(H,17,18,21)/t9-,10+,14-/m0/s1. The highest BCUT2D eigenvalue weighted by molar-refractivity contribution is 9.10. The minimum Gasteiger partial charge on any atom is -0.330 e. The van der Waals surface area contributed by atoms with Crippen LogP contribution in [0, 0.1) is 18.2 Å². The van der Waals surface area contributed by atoms with Crippen molar-refractivity contribution < 1.29 is 14.0 Å². The van der Waals surface area contributed by atoms with Gasteiger partial charge in [0.2, 0.25) is 12.3 Å². The van der Waals surface area contributed by atoms with Crippen molar-refractivity contribution in [3.8, 4) is 0 Å². The number of hydrogen-bond acceptors (Lipinski definition) is 3. The summed E-state index contributed by atoms with van der Waals surface area (Å²) in [5, 5.41) is 2.70. The second-order valence-corrected chi connectivity index (χ2v) is 6.81. The molecule has 21 heavy (non-hydrogen) atoms. The maximum Gasteiger partial charge on any atom is 0.248 e. The number of nitrogens with one attached hydrogen (secondary N) is 1. The number of aromatic nitrogens is 1. The molecule has 0 unspecified atom stereocenters. The van der Waals surface area contributed by atoms with Crippen LogP contribution in [-0.2, 0) is 9.59 Å². The van der Waals surface area contributed by atoms with Gasteiger partial charge in [-0.1, -0.05) is 6.92 Å². The number of anilines is 1. The van der Waals surface area contributed by atoms with E-state index in [1.807, 2.05) is 0 Å². The predicted molar refractivity (Wildman–Crippen MR) is 78.1 cm³/mol. The number of pyridine rings is 1. The first kappa shape index (κ1) is 14.4. The molecule has 2 aliphatic rings. The molecule has 0 spiro atoms. The highest BCUT2D eigenvalue weighted by Gasteiger charge is 2.62. The van der Waals surface area contributed by atoms with Gasteiger partial charge in [-0.3, -0.25) is 9.59 Å². The van der Waals surface area contributed by atoms with E-state index in [1.165, 1.54) is 6.07 Å². The van der Waals surface area contributed by atoms with Gasteiger partial charge in [0.15, 0.2) is 5.82 Å². The first-order valence-corrected chi connectivity index (χ1v) is 7.51. The van der Waals surface area contributed by atoms with Gasteiger partial charge >= 0.3 is 0 Å². The summed E-state index contributed by atoms with van der Waals surface area (Å²) in [6.45, 7) is 3.75. The molecule has 7 heteroatoms. The lowest BCUT2D eigenvalue weighted by molar-refractivity contribution is -0.128. The van der Waals surface area contributed by atoms with Crippen molar-refractivity contribution in [2.24, 2.45) is 5.41 Å². The molecule has 1 aromatic heterocycles. The Morgan fingerprint density at radius 3 is 3.00 bits per heavy atom. The SMILES string of the molecule is Cc1cc(F)c(Br)nc1NC(=O)[C@@H]1C[C@@]2(C)C[C@H]2N1C=O. The van der Waals surface area contributed by atoms with Gasteiger partial charge in [-0.2, -0.15) is 0 Å². The van der Waals surface area contributed by atoms with E-state index in [0.717, 1.165) is 12.8 Å². The molecular formula is C14H15BrFN3O2. The van der Waals surface area contributed by atoms with E-state index < -0.39 is 11.9 Å². The molecule has 1 N–H and O–H groups in total. The zero-order chi connectivity index (χ0) is 15.4. The summed E-state index contributed by atoms with van der Waals surface area (Å²) in [6.07, 6.45) is 2.35. The Hall–Kier alpha value is -1.50. The third kappa shape index (κ3) is 2.33. The molecule has 5 nitrogen and oxygen atoms in total.